The number of hydrogen-bond acceptors (Lipinski definition) is 16. The summed E-state index contributed by atoms with van der Waals surface area (Å²) >= 11 is 0. The van der Waals surface area contributed by atoms with Crippen LogP contribution in [0.15, 0.2) is 44.3 Å². The number of nitrogens with two attached hydrogens (primary N) is 2. The number of aliphatic hydroxyl groups is 2. The molecular weight excluding hydrogens is 664 g/mol. The summed E-state index contributed by atoms with van der Waals surface area (Å²) in [7, 11) is 0. The van der Waals surface area contributed by atoms with Crippen molar-refractivity contribution in [1.82, 2.24) is 19.1 Å². The highest BCUT2D eigenvalue weighted by Gasteiger charge is 2.58. The zero-order valence-corrected chi connectivity index (χ0v) is 28.1. The average Bonchev–Trinajstić information content (AvgIpc) is 3.46. The van der Waals surface area contributed by atoms with Gasteiger partial charge >= 0.3 is 23.3 Å². The molecule has 272 valence electrons. The van der Waals surface area contributed by atoms with Gasteiger partial charge in [-0.15, -0.1) is 0 Å². The van der Waals surface area contributed by atoms with E-state index in [0.717, 1.165) is 9.13 Å². The molecule has 0 saturated carbocycles. The van der Waals surface area contributed by atoms with Gasteiger partial charge in [0.15, 0.2) is 5.72 Å². The average molecular weight is 705 g/mol. The highest BCUT2D eigenvalue weighted by molar-refractivity contribution is 5.72. The van der Waals surface area contributed by atoms with Gasteiger partial charge in [-0.25, -0.2) is 9.59 Å². The molecule has 22 heteroatoms. The van der Waals surface area contributed by atoms with E-state index in [4.69, 9.17) is 41.5 Å². The highest BCUT2D eigenvalue weighted by atomic mass is 16.6. The molecule has 4 heterocycles. The monoisotopic (exact) mass is 704 g/mol. The number of anilines is 2. The summed E-state index contributed by atoms with van der Waals surface area (Å²) in [5.74, 6) is -3.20. The van der Waals surface area contributed by atoms with Crippen LogP contribution in [0.3, 0.4) is 0 Å². The molecule has 0 aliphatic carbocycles. The van der Waals surface area contributed by atoms with E-state index in [1.54, 1.807) is 41.5 Å². The molecule has 2 aromatic rings. The lowest BCUT2D eigenvalue weighted by Gasteiger charge is -2.30. The minimum absolute atomic E-state index is 0.0249. The first-order valence-electron chi connectivity index (χ1n) is 15.3. The number of carbonyl (C=O) groups is 2. The predicted octanol–water partition coefficient (Wildman–Crippen LogP) is 1.11. The third kappa shape index (κ3) is 8.13. The van der Waals surface area contributed by atoms with Crippen molar-refractivity contribution in [1.29, 1.82) is 0 Å². The number of ether oxygens (including phenoxy) is 4. The second kappa shape index (κ2) is 16.0. The maximum absolute atomic E-state index is 12.3. The second-order valence-electron chi connectivity index (χ2n) is 12.3. The fraction of sp³-hybridized carbons (Fsp3) is 0.643. The summed E-state index contributed by atoms with van der Waals surface area (Å²) in [5, 5.41) is 26.5. The van der Waals surface area contributed by atoms with Gasteiger partial charge in [-0.1, -0.05) is 51.8 Å². The van der Waals surface area contributed by atoms with Crippen LogP contribution in [0, 0.1) is 23.7 Å². The minimum atomic E-state index is -1.87. The van der Waals surface area contributed by atoms with Crippen molar-refractivity contribution in [2.75, 3.05) is 24.7 Å². The fourth-order valence-corrected chi connectivity index (χ4v) is 5.18. The van der Waals surface area contributed by atoms with Crippen molar-refractivity contribution in [3.05, 3.63) is 66.4 Å². The van der Waals surface area contributed by atoms with Gasteiger partial charge in [-0.3, -0.25) is 18.7 Å². The molecule has 2 saturated heterocycles. The van der Waals surface area contributed by atoms with Gasteiger partial charge in [0, 0.05) is 34.1 Å². The Balaban J connectivity index is 0.000000292. The Bertz CT molecular complexity index is 1770. The molecular formula is C28H40N12O10. The minimum Gasteiger partial charge on any atom is -0.462 e. The number of hydrogen-bond donors (Lipinski definition) is 4. The van der Waals surface area contributed by atoms with E-state index < -0.39 is 96.3 Å². The Morgan fingerprint density at radius 2 is 1.38 bits per heavy atom. The summed E-state index contributed by atoms with van der Waals surface area (Å²) in [6, 6.07) is 2.80. The van der Waals surface area contributed by atoms with Crippen LogP contribution in [-0.4, -0.2) is 78.1 Å². The lowest BCUT2D eigenvalue weighted by molar-refractivity contribution is -0.180. The van der Waals surface area contributed by atoms with Gasteiger partial charge in [0.05, 0.1) is 24.5 Å². The van der Waals surface area contributed by atoms with E-state index in [1.165, 1.54) is 24.5 Å². The van der Waals surface area contributed by atoms with E-state index in [2.05, 4.69) is 30.0 Å². The Morgan fingerprint density at radius 1 is 0.920 bits per heavy atom. The van der Waals surface area contributed by atoms with Gasteiger partial charge in [-0.05, 0) is 23.2 Å². The molecule has 0 bridgehead atoms. The molecule has 2 fully saturated rings. The van der Waals surface area contributed by atoms with Crippen LogP contribution in [0.25, 0.3) is 20.9 Å². The number of rotatable bonds is 10. The van der Waals surface area contributed by atoms with Crippen LogP contribution in [-0.2, 0) is 28.5 Å². The fourth-order valence-electron chi connectivity index (χ4n) is 5.18. The Kier molecular flexibility index (Phi) is 12.5. The quantitative estimate of drug-likeness (QED) is 0.117. The SMILES string of the molecule is CC(C)C(=O)OC[C@@]1(N=[N+]=[N-])O[C@@H](n2ccc(N)nc2=O)[C@@H](C)[C@@H]1OC(=O)C(C)C.C[C@@H]1[C@H](n2ccc(N)nc2=O)O[C@@](CO)(N=[N+]=[N-])[C@H]1O. The Hall–Kier alpha value is -5.24. The maximum atomic E-state index is 12.3. The zero-order valence-electron chi connectivity index (χ0n) is 28.1. The molecule has 2 aromatic heterocycles. The van der Waals surface area contributed by atoms with Gasteiger partial charge in [0.1, 0.15) is 36.8 Å². The molecule has 0 spiro atoms. The molecule has 2 aliphatic heterocycles. The zero-order chi connectivity index (χ0) is 37.6. The molecule has 0 unspecified atom stereocenters. The summed E-state index contributed by atoms with van der Waals surface area (Å²) in [4.78, 5) is 61.0. The number of aromatic nitrogens is 4. The lowest BCUT2D eigenvalue weighted by Crippen LogP contribution is -2.47. The van der Waals surface area contributed by atoms with Crippen LogP contribution in [0.5, 0.6) is 0 Å². The molecule has 2 aliphatic rings. The molecule has 0 aromatic carbocycles. The van der Waals surface area contributed by atoms with Crippen LogP contribution in [0.4, 0.5) is 11.6 Å². The predicted molar refractivity (Wildman–Crippen MR) is 172 cm³/mol. The van der Waals surface area contributed by atoms with Crippen molar-refractivity contribution in [3.8, 4) is 0 Å². The second-order valence-corrected chi connectivity index (χ2v) is 12.3. The Morgan fingerprint density at radius 3 is 1.82 bits per heavy atom. The van der Waals surface area contributed by atoms with Gasteiger partial charge < -0.3 is 40.6 Å². The van der Waals surface area contributed by atoms with Crippen LogP contribution in [0.2, 0.25) is 0 Å². The largest absolute Gasteiger partial charge is 0.462 e. The molecule has 6 N–H and O–H groups in total. The standard InChI is InChI=1S/C18H26N6O6.C10H14N6O4/c1-9(2)15(25)28-8-18(22-23-20)13(29-16(26)10(3)4)11(5)14(30-18)24-7-6-12(19)21-17(24)27;1-5-7(18)10(4-17,14-15-12)20-8(5)16-3-2-6(11)13-9(16)19/h6-7,9-11,13-14H,8H2,1-5H3,(H2,19,21,27);2-3,5,7-8,17-18H,4H2,1H3,(H2,11,13,19)/t11-,13-,14+,18+;5-,7-,8+,10+/m00/s1. The number of nitrogens with zero attached hydrogens (tertiary/aromatic N) is 10. The molecule has 0 radical (unpaired) electrons. The van der Waals surface area contributed by atoms with Crippen molar-refractivity contribution in [3.63, 3.8) is 0 Å². The summed E-state index contributed by atoms with van der Waals surface area (Å²) in [5.41, 5.74) is 23.6. The number of esters is 2. The number of carbonyl (C=O) groups excluding carboxylic acids is 2. The van der Waals surface area contributed by atoms with E-state index in [1.807, 2.05) is 0 Å². The number of nitrogen functional groups attached to an aromatic ring is 2. The third-order valence-corrected chi connectivity index (χ3v) is 7.94. The highest BCUT2D eigenvalue weighted by Crippen LogP contribution is 2.45. The first-order valence-corrected chi connectivity index (χ1v) is 15.3. The van der Waals surface area contributed by atoms with Gasteiger partial charge in [-0.2, -0.15) is 9.97 Å². The normalized spacial score (nSPS) is 28.6. The third-order valence-electron chi connectivity index (χ3n) is 7.94. The number of aliphatic hydroxyl groups excluding tert-OH is 2. The van der Waals surface area contributed by atoms with E-state index in [9.17, 15) is 29.4 Å². The molecule has 50 heavy (non-hydrogen) atoms. The Labute approximate surface area is 284 Å². The number of azide groups is 2. The summed E-state index contributed by atoms with van der Waals surface area (Å²) in [6.45, 7) is 8.61. The van der Waals surface area contributed by atoms with Crippen molar-refractivity contribution >= 4 is 23.6 Å². The summed E-state index contributed by atoms with van der Waals surface area (Å²) in [6.07, 6.45) is -1.60. The van der Waals surface area contributed by atoms with Crippen LogP contribution < -0.4 is 22.8 Å². The van der Waals surface area contributed by atoms with Gasteiger partial charge in [0.25, 0.3) is 0 Å². The van der Waals surface area contributed by atoms with E-state index in [0.29, 0.717) is 0 Å². The molecule has 4 rings (SSSR count). The topological polar surface area (TPSA) is 331 Å². The molecule has 0 amide bonds. The van der Waals surface area contributed by atoms with Crippen LogP contribution >= 0.6 is 0 Å². The van der Waals surface area contributed by atoms with Crippen molar-refractivity contribution in [2.45, 2.75) is 77.7 Å². The first kappa shape index (κ1) is 39.2. The van der Waals surface area contributed by atoms with Crippen LogP contribution in [0.1, 0.15) is 54.0 Å². The smallest absolute Gasteiger partial charge is 0.351 e. The summed E-state index contributed by atoms with van der Waals surface area (Å²) < 4.78 is 24.5. The van der Waals surface area contributed by atoms with Crippen molar-refractivity contribution in [2.24, 2.45) is 33.9 Å². The van der Waals surface area contributed by atoms with E-state index in [-0.39, 0.29) is 11.6 Å². The van der Waals surface area contributed by atoms with E-state index >= 15 is 0 Å². The first-order chi connectivity index (χ1) is 23.5. The lowest BCUT2D eigenvalue weighted by atomic mass is 9.97. The molecule has 22 nitrogen and oxygen atoms in total. The van der Waals surface area contributed by atoms with Crippen molar-refractivity contribution < 1.29 is 38.7 Å². The molecule has 8 atom stereocenters. The van der Waals surface area contributed by atoms with Gasteiger partial charge in [0.2, 0.25) is 5.72 Å². The maximum Gasteiger partial charge on any atom is 0.351 e.